The van der Waals surface area contributed by atoms with E-state index in [1.807, 2.05) is 0 Å². The van der Waals surface area contributed by atoms with Crippen molar-refractivity contribution < 1.29 is 8.42 Å². The first-order chi connectivity index (χ1) is 9.46. The fourth-order valence-electron chi connectivity index (χ4n) is 1.46. The lowest BCUT2D eigenvalue weighted by Gasteiger charge is -2.11. The predicted molar refractivity (Wildman–Crippen MR) is 100 cm³/mol. The van der Waals surface area contributed by atoms with Gasteiger partial charge in [0.25, 0.3) is 0 Å². The molecule has 9 heteroatoms. The van der Waals surface area contributed by atoms with Crippen molar-refractivity contribution >= 4 is 51.3 Å². The molecule has 21 heavy (non-hydrogen) atoms. The maximum Gasteiger partial charge on any atom is 0.211 e. The Bertz CT molecular complexity index is 543. The smallest absolute Gasteiger partial charge is 0.211 e. The van der Waals surface area contributed by atoms with E-state index >= 15 is 0 Å². The van der Waals surface area contributed by atoms with Gasteiger partial charge in [-0.25, -0.2) is 13.1 Å². The third kappa shape index (κ3) is 8.59. The highest BCUT2D eigenvalue weighted by Gasteiger charge is 2.05. The Hall–Kier alpha value is -0.390. The van der Waals surface area contributed by atoms with Crippen LogP contribution in [0.15, 0.2) is 17.1 Å². The van der Waals surface area contributed by atoms with Crippen molar-refractivity contribution in [2.45, 2.75) is 20.4 Å². The molecule has 6 nitrogen and oxygen atoms in total. The van der Waals surface area contributed by atoms with Gasteiger partial charge in [-0.1, -0.05) is 0 Å². The maximum atomic E-state index is 11.2. The summed E-state index contributed by atoms with van der Waals surface area (Å²) in [6.45, 7) is 5.22. The van der Waals surface area contributed by atoms with Crippen molar-refractivity contribution in [1.82, 2.24) is 15.4 Å². The van der Waals surface area contributed by atoms with Gasteiger partial charge in [-0.3, -0.25) is 4.99 Å². The highest BCUT2D eigenvalue weighted by atomic mass is 127. The number of rotatable bonds is 7. The third-order valence-corrected chi connectivity index (χ3v) is 4.97. The van der Waals surface area contributed by atoms with E-state index in [4.69, 9.17) is 0 Å². The molecule has 0 bridgehead atoms. The second kappa shape index (κ2) is 10.4. The van der Waals surface area contributed by atoms with E-state index in [9.17, 15) is 8.42 Å². The molecule has 0 saturated carbocycles. The molecule has 0 aliphatic carbocycles. The summed E-state index contributed by atoms with van der Waals surface area (Å²) in [5.74, 6) is 0.754. The van der Waals surface area contributed by atoms with E-state index in [1.54, 1.807) is 25.3 Å². The van der Waals surface area contributed by atoms with Gasteiger partial charge in [0.2, 0.25) is 10.0 Å². The topological polar surface area (TPSA) is 82.6 Å². The van der Waals surface area contributed by atoms with Crippen LogP contribution in [0.3, 0.4) is 0 Å². The zero-order valence-electron chi connectivity index (χ0n) is 12.5. The average Bonchev–Trinajstić information content (AvgIpc) is 2.84. The largest absolute Gasteiger partial charge is 0.355 e. The third-order valence-electron chi connectivity index (χ3n) is 2.57. The van der Waals surface area contributed by atoms with Gasteiger partial charge in [-0.15, -0.1) is 35.3 Å². The average molecular weight is 446 g/mol. The molecule has 0 aliphatic heterocycles. The minimum Gasteiger partial charge on any atom is -0.355 e. The Balaban J connectivity index is 0.00000400. The Morgan fingerprint density at radius 1 is 1.29 bits per heavy atom. The molecule has 1 rings (SSSR count). The van der Waals surface area contributed by atoms with Crippen LogP contribution >= 0.6 is 35.3 Å². The summed E-state index contributed by atoms with van der Waals surface area (Å²) in [6.07, 6.45) is 0. The summed E-state index contributed by atoms with van der Waals surface area (Å²) < 4.78 is 25.0. The van der Waals surface area contributed by atoms with Crippen LogP contribution in [0.25, 0.3) is 0 Å². The van der Waals surface area contributed by atoms with E-state index in [1.165, 1.54) is 9.75 Å². The molecule has 0 saturated heterocycles. The van der Waals surface area contributed by atoms with Gasteiger partial charge in [-0.05, 0) is 26.0 Å². The summed E-state index contributed by atoms with van der Waals surface area (Å²) in [4.78, 5) is 6.60. The van der Waals surface area contributed by atoms with Crippen molar-refractivity contribution in [1.29, 1.82) is 0 Å². The highest BCUT2D eigenvalue weighted by molar-refractivity contribution is 14.0. The van der Waals surface area contributed by atoms with E-state index < -0.39 is 10.0 Å². The van der Waals surface area contributed by atoms with Crippen molar-refractivity contribution in [3.63, 3.8) is 0 Å². The molecule has 0 spiro atoms. The Labute approximate surface area is 147 Å². The fraction of sp³-hybridized carbons (Fsp3) is 0.583. The normalized spacial score (nSPS) is 11.9. The van der Waals surface area contributed by atoms with Gasteiger partial charge in [0.1, 0.15) is 0 Å². The van der Waals surface area contributed by atoms with Crippen LogP contribution in [-0.4, -0.2) is 40.3 Å². The zero-order chi connectivity index (χ0) is 15.0. The van der Waals surface area contributed by atoms with Crippen LogP contribution in [-0.2, 0) is 16.6 Å². The number of thiophene rings is 1. The number of nitrogens with one attached hydrogen (secondary N) is 3. The first kappa shape index (κ1) is 20.6. The summed E-state index contributed by atoms with van der Waals surface area (Å²) in [6, 6.07) is 4.16. The number of hydrogen-bond acceptors (Lipinski definition) is 4. The number of sulfonamides is 1. The van der Waals surface area contributed by atoms with E-state index in [2.05, 4.69) is 39.4 Å². The molecular weight excluding hydrogens is 423 g/mol. The van der Waals surface area contributed by atoms with Crippen molar-refractivity contribution in [3.8, 4) is 0 Å². The van der Waals surface area contributed by atoms with Crippen LogP contribution in [0.4, 0.5) is 0 Å². The number of nitrogens with zero attached hydrogens (tertiary/aromatic N) is 1. The van der Waals surface area contributed by atoms with Crippen LogP contribution in [0, 0.1) is 6.92 Å². The number of halogens is 1. The molecule has 3 N–H and O–H groups in total. The molecule has 1 aromatic rings. The molecular formula is C12H23IN4O2S2. The van der Waals surface area contributed by atoms with E-state index in [0.717, 1.165) is 0 Å². The van der Waals surface area contributed by atoms with Gasteiger partial charge < -0.3 is 10.6 Å². The number of aliphatic imine (C=N–C) groups is 1. The summed E-state index contributed by atoms with van der Waals surface area (Å²) in [5, 5.41) is 6.24. The molecule has 1 aromatic heterocycles. The van der Waals surface area contributed by atoms with Gasteiger partial charge in [0, 0.05) is 29.9 Å². The second-order valence-corrected chi connectivity index (χ2v) is 7.63. The molecule has 0 unspecified atom stereocenters. The Morgan fingerprint density at radius 2 is 2.00 bits per heavy atom. The van der Waals surface area contributed by atoms with Crippen LogP contribution in [0.1, 0.15) is 16.7 Å². The monoisotopic (exact) mass is 446 g/mol. The van der Waals surface area contributed by atoms with Crippen molar-refractivity contribution in [3.05, 3.63) is 21.9 Å². The maximum absolute atomic E-state index is 11.2. The van der Waals surface area contributed by atoms with Crippen LogP contribution in [0.2, 0.25) is 0 Å². The number of aryl methyl sites for hydroxylation is 1. The van der Waals surface area contributed by atoms with Crippen LogP contribution in [0.5, 0.6) is 0 Å². The highest BCUT2D eigenvalue weighted by Crippen LogP contribution is 2.14. The molecule has 122 valence electrons. The molecule has 1 heterocycles. The molecule has 0 fully saturated rings. The van der Waals surface area contributed by atoms with Gasteiger partial charge in [-0.2, -0.15) is 0 Å². The van der Waals surface area contributed by atoms with Gasteiger partial charge >= 0.3 is 0 Å². The molecule has 0 atom stereocenters. The first-order valence-corrected chi connectivity index (χ1v) is 8.91. The Morgan fingerprint density at radius 3 is 2.52 bits per heavy atom. The lowest BCUT2D eigenvalue weighted by atomic mass is 10.4. The van der Waals surface area contributed by atoms with E-state index in [0.29, 0.717) is 25.6 Å². The zero-order valence-corrected chi connectivity index (χ0v) is 16.4. The minimum atomic E-state index is -3.13. The van der Waals surface area contributed by atoms with Crippen molar-refractivity contribution in [2.24, 2.45) is 4.99 Å². The van der Waals surface area contributed by atoms with E-state index in [-0.39, 0.29) is 29.7 Å². The molecule has 0 radical (unpaired) electrons. The minimum absolute atomic E-state index is 0. The predicted octanol–water partition coefficient (Wildman–Crippen LogP) is 1.28. The number of hydrogen-bond donors (Lipinski definition) is 3. The quantitative estimate of drug-likeness (QED) is 0.255. The van der Waals surface area contributed by atoms with Gasteiger partial charge in [0.15, 0.2) is 5.96 Å². The number of guanidine groups is 1. The fourth-order valence-corrected chi connectivity index (χ4v) is 2.91. The van der Waals surface area contributed by atoms with Crippen molar-refractivity contribution in [2.75, 3.05) is 25.9 Å². The lowest BCUT2D eigenvalue weighted by Crippen LogP contribution is -2.41. The molecule has 0 aliphatic rings. The Kier molecular flexibility index (Phi) is 10.2. The summed E-state index contributed by atoms with van der Waals surface area (Å²) in [7, 11) is -1.44. The summed E-state index contributed by atoms with van der Waals surface area (Å²) in [5.41, 5.74) is 0. The standard InChI is InChI=1S/C12H22N4O2S2.HI/c1-4-20(17,18)16-8-7-14-12(13-3)15-9-11-6-5-10(2)19-11;/h5-6,16H,4,7-9H2,1-3H3,(H2,13,14,15);1H. The molecule has 0 amide bonds. The van der Waals surface area contributed by atoms with Crippen LogP contribution < -0.4 is 15.4 Å². The van der Waals surface area contributed by atoms with Gasteiger partial charge in [0.05, 0.1) is 12.3 Å². The molecule has 0 aromatic carbocycles. The SMILES string of the molecule is CCS(=O)(=O)NCCNC(=NC)NCc1ccc(C)s1.I. The second-order valence-electron chi connectivity index (χ2n) is 4.16. The summed E-state index contributed by atoms with van der Waals surface area (Å²) >= 11 is 1.74. The first-order valence-electron chi connectivity index (χ1n) is 6.44. The lowest BCUT2D eigenvalue weighted by molar-refractivity contribution is 0.582.